The first-order valence-electron chi connectivity index (χ1n) is 4.52. The van der Waals surface area contributed by atoms with Gasteiger partial charge in [-0.3, -0.25) is 0 Å². The fourth-order valence-corrected chi connectivity index (χ4v) is 0.625. The number of ether oxygens (including phenoxy) is 2. The van der Waals surface area contributed by atoms with Crippen molar-refractivity contribution >= 4 is 0 Å². The van der Waals surface area contributed by atoms with Crippen molar-refractivity contribution in [1.82, 2.24) is 0 Å². The lowest BCUT2D eigenvalue weighted by Crippen LogP contribution is -2.35. The molecule has 0 spiro atoms. The molecule has 0 fully saturated rings. The monoisotopic (exact) mass is 326 g/mol. The van der Waals surface area contributed by atoms with E-state index in [1.54, 1.807) is 0 Å². The van der Waals surface area contributed by atoms with Gasteiger partial charge in [0.1, 0.15) is 19.9 Å². The van der Waals surface area contributed by atoms with E-state index < -0.39 is 44.8 Å². The van der Waals surface area contributed by atoms with Gasteiger partial charge in [0, 0.05) is 0 Å². The van der Waals surface area contributed by atoms with E-state index in [0.717, 1.165) is 0 Å². The summed E-state index contributed by atoms with van der Waals surface area (Å²) in [6.07, 6.45) is -17.4. The molecule has 0 amide bonds. The number of hydrogen-bond donors (Lipinski definition) is 0. The Hall–Kier alpha value is -0.790. The van der Waals surface area contributed by atoms with Crippen LogP contribution in [-0.2, 0) is 19.2 Å². The van der Waals surface area contributed by atoms with Crippen molar-refractivity contribution in [3.63, 3.8) is 0 Å². The minimum absolute atomic E-state index is 1.83. The molecule has 4 nitrogen and oxygen atoms in total. The molecule has 122 valence electrons. The topological polar surface area (TPSA) is 36.9 Å². The smallest absolute Gasteiger partial charge is 0.338 e. The van der Waals surface area contributed by atoms with E-state index in [0.29, 0.717) is 0 Å². The van der Waals surface area contributed by atoms with Crippen LogP contribution >= 0.6 is 0 Å². The van der Waals surface area contributed by atoms with Crippen molar-refractivity contribution in [3.8, 4) is 0 Å². The molecule has 0 aromatic heterocycles. The van der Waals surface area contributed by atoms with Crippen molar-refractivity contribution in [1.29, 1.82) is 0 Å². The maximum atomic E-state index is 12.6. The molecule has 1 atom stereocenters. The zero-order valence-corrected chi connectivity index (χ0v) is 9.23. The normalized spacial score (nSPS) is 15.4. The number of hydrogen-bond acceptors (Lipinski definition) is 4. The molecule has 0 heterocycles. The quantitative estimate of drug-likeness (QED) is 0.297. The molecule has 0 N–H and O–H groups in total. The van der Waals surface area contributed by atoms with Crippen LogP contribution in [0.2, 0.25) is 0 Å². The highest BCUT2D eigenvalue weighted by Crippen LogP contribution is 2.23. The third-order valence-electron chi connectivity index (χ3n) is 1.26. The van der Waals surface area contributed by atoms with Crippen LogP contribution in [0.1, 0.15) is 0 Å². The predicted molar refractivity (Wildman–Crippen MR) is 40.9 cm³/mol. The third-order valence-corrected chi connectivity index (χ3v) is 1.26. The molecule has 0 saturated carbocycles. The molecule has 0 aromatic carbocycles. The molecule has 0 bridgehead atoms. The Kier molecular flexibility index (Phi) is 7.00. The van der Waals surface area contributed by atoms with Crippen LogP contribution < -0.4 is 0 Å². The molecular weight excluding hydrogens is 319 g/mol. The molecule has 1 unspecified atom stereocenters. The number of rotatable bonds is 8. The molecule has 0 aliphatic heterocycles. The number of alkyl halides is 9. The van der Waals surface area contributed by atoms with E-state index in [4.69, 9.17) is 0 Å². The van der Waals surface area contributed by atoms with E-state index in [9.17, 15) is 39.5 Å². The van der Waals surface area contributed by atoms with Crippen LogP contribution in [-0.4, -0.2) is 44.8 Å². The van der Waals surface area contributed by atoms with Crippen LogP contribution in [0.25, 0.3) is 0 Å². The molecule has 20 heavy (non-hydrogen) atoms. The molecule has 0 aromatic rings. The zero-order chi connectivity index (χ0) is 16.0. The molecule has 0 rings (SSSR count). The summed E-state index contributed by atoms with van der Waals surface area (Å²) in [6, 6.07) is 0. The first-order valence-corrected chi connectivity index (χ1v) is 4.52. The fourth-order valence-electron chi connectivity index (χ4n) is 0.625. The Labute approximate surface area is 105 Å². The predicted octanol–water partition coefficient (Wildman–Crippen LogP) is 2.94. The Morgan fingerprint density at radius 1 is 0.850 bits per heavy atom. The average Bonchev–Trinajstić information content (AvgIpc) is 2.24. The Bertz CT molecular complexity index is 276. The van der Waals surface area contributed by atoms with Crippen molar-refractivity contribution < 1.29 is 58.8 Å². The Morgan fingerprint density at radius 2 is 1.40 bits per heavy atom. The summed E-state index contributed by atoms with van der Waals surface area (Å²) in [7, 11) is 0. The summed E-state index contributed by atoms with van der Waals surface area (Å²) in [6.45, 7) is -6.13. The summed E-state index contributed by atoms with van der Waals surface area (Å²) in [5.74, 6) is 0. The second-order valence-corrected chi connectivity index (χ2v) is 3.06. The largest absolute Gasteiger partial charge is 0.549 e. The summed E-state index contributed by atoms with van der Waals surface area (Å²) < 4.78 is 113. The third kappa shape index (κ3) is 11.1. The standard InChI is InChI=1S/C7H7F9O4/c8-1-4(19-20-7(14,15)16)17-3-6(12,13)18-2-5(9,10)11/h4H,1-3H2. The van der Waals surface area contributed by atoms with Crippen molar-refractivity contribution in [3.05, 3.63) is 0 Å². The lowest BCUT2D eigenvalue weighted by atomic mass is 10.6. The second-order valence-electron chi connectivity index (χ2n) is 3.06. The van der Waals surface area contributed by atoms with Gasteiger partial charge in [-0.2, -0.15) is 26.8 Å². The van der Waals surface area contributed by atoms with Gasteiger partial charge in [-0.15, -0.1) is 18.1 Å². The first kappa shape index (κ1) is 19.2. The van der Waals surface area contributed by atoms with Crippen LogP contribution in [0, 0.1) is 0 Å². The van der Waals surface area contributed by atoms with Crippen LogP contribution in [0.3, 0.4) is 0 Å². The van der Waals surface area contributed by atoms with Gasteiger partial charge in [-0.1, -0.05) is 0 Å². The second kappa shape index (κ2) is 7.28. The molecule has 0 radical (unpaired) electrons. The van der Waals surface area contributed by atoms with E-state index in [1.807, 2.05) is 0 Å². The zero-order valence-electron chi connectivity index (χ0n) is 9.23. The van der Waals surface area contributed by atoms with Gasteiger partial charge >= 0.3 is 18.6 Å². The fraction of sp³-hybridized carbons (Fsp3) is 1.00. The van der Waals surface area contributed by atoms with Crippen LogP contribution in [0.15, 0.2) is 0 Å². The maximum absolute atomic E-state index is 12.6. The van der Waals surface area contributed by atoms with E-state index >= 15 is 0 Å². The molecule has 0 aliphatic carbocycles. The average molecular weight is 326 g/mol. The highest BCUT2D eigenvalue weighted by molar-refractivity contribution is 4.55. The van der Waals surface area contributed by atoms with Gasteiger partial charge in [-0.05, 0) is 0 Å². The van der Waals surface area contributed by atoms with Gasteiger partial charge in [-0.25, -0.2) is 4.39 Å². The van der Waals surface area contributed by atoms with Crippen LogP contribution in [0.5, 0.6) is 0 Å². The Morgan fingerprint density at radius 3 is 1.80 bits per heavy atom. The van der Waals surface area contributed by atoms with Crippen molar-refractivity contribution in [2.45, 2.75) is 24.9 Å². The lowest BCUT2D eigenvalue weighted by molar-refractivity contribution is -0.520. The highest BCUT2D eigenvalue weighted by Gasteiger charge is 2.39. The van der Waals surface area contributed by atoms with Gasteiger partial charge in [0.25, 0.3) is 0 Å². The first-order chi connectivity index (χ1) is 8.85. The van der Waals surface area contributed by atoms with E-state index in [2.05, 4.69) is 19.2 Å². The highest BCUT2D eigenvalue weighted by atomic mass is 19.4. The molecular formula is C7H7F9O4. The molecule has 13 heteroatoms. The maximum Gasteiger partial charge on any atom is 0.549 e. The molecule has 0 saturated heterocycles. The summed E-state index contributed by atoms with van der Waals surface area (Å²) in [5, 5.41) is 0. The summed E-state index contributed by atoms with van der Waals surface area (Å²) >= 11 is 0. The summed E-state index contributed by atoms with van der Waals surface area (Å²) in [5.41, 5.74) is 0. The number of halogens is 9. The van der Waals surface area contributed by atoms with Gasteiger partial charge in [0.2, 0.25) is 6.29 Å². The summed E-state index contributed by atoms with van der Waals surface area (Å²) in [4.78, 5) is 5.89. The van der Waals surface area contributed by atoms with Crippen molar-refractivity contribution in [2.75, 3.05) is 19.9 Å². The minimum atomic E-state index is -5.34. The van der Waals surface area contributed by atoms with E-state index in [-0.39, 0.29) is 0 Å². The van der Waals surface area contributed by atoms with Gasteiger partial charge in [0.15, 0.2) is 0 Å². The van der Waals surface area contributed by atoms with Gasteiger partial charge < -0.3 is 9.47 Å². The van der Waals surface area contributed by atoms with Crippen LogP contribution in [0.4, 0.5) is 39.5 Å². The lowest BCUT2D eigenvalue weighted by Gasteiger charge is -2.20. The minimum Gasteiger partial charge on any atom is -0.338 e. The van der Waals surface area contributed by atoms with Crippen molar-refractivity contribution in [2.24, 2.45) is 0 Å². The molecule has 0 aliphatic rings. The SMILES string of the molecule is FCC(OCC(F)(F)OCC(F)(F)F)OOC(F)(F)F. The van der Waals surface area contributed by atoms with E-state index in [1.165, 1.54) is 0 Å². The van der Waals surface area contributed by atoms with Gasteiger partial charge in [0.05, 0.1) is 0 Å². The Balaban J connectivity index is 4.14.